The Hall–Kier alpha value is -2.64. The fourth-order valence-corrected chi connectivity index (χ4v) is 3.69. The van der Waals surface area contributed by atoms with E-state index in [2.05, 4.69) is 4.98 Å². The zero-order chi connectivity index (χ0) is 18.8. The van der Waals surface area contributed by atoms with Gasteiger partial charge < -0.3 is 9.64 Å². The van der Waals surface area contributed by atoms with E-state index in [4.69, 9.17) is 27.2 Å². The normalized spacial score (nSPS) is 15.3. The second-order valence-corrected chi connectivity index (χ2v) is 6.94. The fraction of sp³-hybridized carbons (Fsp3) is 0.316. The van der Waals surface area contributed by atoms with Crippen LogP contribution >= 0.6 is 11.6 Å². The zero-order valence-electron chi connectivity index (χ0n) is 14.7. The average molecular weight is 386 g/mol. The molecule has 0 unspecified atom stereocenters. The molecule has 0 radical (unpaired) electrons. The van der Waals surface area contributed by atoms with E-state index in [1.54, 1.807) is 11.1 Å². The molecule has 27 heavy (non-hydrogen) atoms. The van der Waals surface area contributed by atoms with Gasteiger partial charge in [0.2, 0.25) is 0 Å². The lowest BCUT2D eigenvalue weighted by atomic mass is 9.92. The van der Waals surface area contributed by atoms with E-state index < -0.39 is 0 Å². The number of hydrogen-bond acceptors (Lipinski definition) is 5. The lowest BCUT2D eigenvalue weighted by Gasteiger charge is -2.30. The maximum absolute atomic E-state index is 11.9. The van der Waals surface area contributed by atoms with Gasteiger partial charge in [-0.2, -0.15) is 5.10 Å². The average Bonchev–Trinajstić information content (AvgIpc) is 3.09. The van der Waals surface area contributed by atoms with Crippen LogP contribution in [0.15, 0.2) is 42.7 Å². The lowest BCUT2D eigenvalue weighted by molar-refractivity contribution is 0.0947. The molecule has 0 bridgehead atoms. The summed E-state index contributed by atoms with van der Waals surface area (Å²) in [7, 11) is 0. The van der Waals surface area contributed by atoms with Crippen molar-refractivity contribution in [3.63, 3.8) is 0 Å². The molecule has 8 heteroatoms. The molecule has 4 rings (SSSR count). The monoisotopic (exact) mass is 385 g/mol. The number of halogens is 1. The first kappa shape index (κ1) is 17.8. The number of carbonyl (C=O) groups is 1. The first-order valence-corrected chi connectivity index (χ1v) is 9.25. The molecule has 1 fully saturated rings. The summed E-state index contributed by atoms with van der Waals surface area (Å²) < 4.78 is 6.80. The number of ether oxygens (including phenoxy) is 1. The lowest BCUT2D eigenvalue weighted by Crippen LogP contribution is -2.39. The molecule has 0 saturated carbocycles. The minimum atomic E-state index is -0.350. The van der Waals surface area contributed by atoms with E-state index in [-0.39, 0.29) is 18.7 Å². The molecule has 1 aliphatic heterocycles. The van der Waals surface area contributed by atoms with Gasteiger partial charge in [-0.05, 0) is 43.2 Å². The second kappa shape index (κ2) is 7.54. The van der Waals surface area contributed by atoms with Crippen LogP contribution in [0, 0.1) is 0 Å². The summed E-state index contributed by atoms with van der Waals surface area (Å²) in [5, 5.41) is 6.67. The maximum Gasteiger partial charge on any atom is 0.411 e. The third kappa shape index (κ3) is 3.48. The number of aromatic nitrogens is 3. The molecule has 3 heterocycles. The van der Waals surface area contributed by atoms with Crippen molar-refractivity contribution >= 4 is 28.6 Å². The highest BCUT2D eigenvalue weighted by Crippen LogP contribution is 2.33. The summed E-state index contributed by atoms with van der Waals surface area (Å²) in [6.45, 7) is 1.16. The van der Waals surface area contributed by atoms with Gasteiger partial charge in [0, 0.05) is 35.6 Å². The number of rotatable bonds is 3. The standard InChI is InChI=1S/C19H20ClN5O2/c20-14-1-3-15(4-2-14)25-17-11-22-8-5-16(17)18(23-25)13-6-9-24(10-7-13)19(26)27-12-21/h1-5,8,11,13H,6-7,9-10,12,21H2. The van der Waals surface area contributed by atoms with Crippen LogP contribution in [0.4, 0.5) is 4.79 Å². The Morgan fingerprint density at radius 1 is 1.22 bits per heavy atom. The molecule has 1 aliphatic rings. The van der Waals surface area contributed by atoms with Crippen molar-refractivity contribution in [1.29, 1.82) is 0 Å². The Bertz CT molecular complexity index is 948. The molecule has 1 aromatic carbocycles. The molecule has 3 aromatic rings. The topological polar surface area (TPSA) is 86.3 Å². The number of nitrogens with two attached hydrogens (primary N) is 1. The van der Waals surface area contributed by atoms with Gasteiger partial charge in [0.1, 0.15) is 6.73 Å². The third-order valence-corrected chi connectivity index (χ3v) is 5.18. The molecule has 140 valence electrons. The number of carbonyl (C=O) groups excluding carboxylic acids is 1. The van der Waals surface area contributed by atoms with Gasteiger partial charge in [-0.15, -0.1) is 0 Å². The minimum Gasteiger partial charge on any atom is -0.434 e. The van der Waals surface area contributed by atoms with E-state index in [1.165, 1.54) is 0 Å². The first-order valence-electron chi connectivity index (χ1n) is 8.87. The van der Waals surface area contributed by atoms with Crippen molar-refractivity contribution in [2.75, 3.05) is 19.8 Å². The summed E-state index contributed by atoms with van der Waals surface area (Å²) in [4.78, 5) is 17.8. The van der Waals surface area contributed by atoms with E-state index in [9.17, 15) is 4.79 Å². The molecule has 1 saturated heterocycles. The number of piperidine rings is 1. The third-order valence-electron chi connectivity index (χ3n) is 4.93. The van der Waals surface area contributed by atoms with Gasteiger partial charge in [0.05, 0.1) is 23.1 Å². The van der Waals surface area contributed by atoms with E-state index in [1.807, 2.05) is 41.2 Å². The minimum absolute atomic E-state index is 0.0953. The molecule has 2 aromatic heterocycles. The van der Waals surface area contributed by atoms with Crippen molar-refractivity contribution in [3.8, 4) is 5.69 Å². The van der Waals surface area contributed by atoms with Crippen molar-refractivity contribution < 1.29 is 9.53 Å². The highest BCUT2D eigenvalue weighted by molar-refractivity contribution is 6.30. The Kier molecular flexibility index (Phi) is 4.96. The number of pyridine rings is 1. The van der Waals surface area contributed by atoms with Crippen molar-refractivity contribution in [2.45, 2.75) is 18.8 Å². The largest absolute Gasteiger partial charge is 0.434 e. The molecule has 2 N–H and O–H groups in total. The number of nitrogens with zero attached hydrogens (tertiary/aromatic N) is 4. The smallest absolute Gasteiger partial charge is 0.411 e. The van der Waals surface area contributed by atoms with Gasteiger partial charge in [0.25, 0.3) is 0 Å². The molecule has 0 atom stereocenters. The van der Waals surface area contributed by atoms with Gasteiger partial charge in [0.15, 0.2) is 0 Å². The Morgan fingerprint density at radius 3 is 2.67 bits per heavy atom. The number of fused-ring (bicyclic) bond motifs is 1. The summed E-state index contributed by atoms with van der Waals surface area (Å²) in [6.07, 6.45) is 4.92. The number of benzene rings is 1. The summed E-state index contributed by atoms with van der Waals surface area (Å²) >= 11 is 6.01. The maximum atomic E-state index is 11.9. The van der Waals surface area contributed by atoms with Gasteiger partial charge in [-0.3, -0.25) is 10.7 Å². The predicted octanol–water partition coefficient (Wildman–Crippen LogP) is 3.31. The van der Waals surface area contributed by atoms with Crippen LogP contribution in [0.3, 0.4) is 0 Å². The Balaban J connectivity index is 1.63. The van der Waals surface area contributed by atoms with Crippen LogP contribution in [-0.2, 0) is 4.74 Å². The van der Waals surface area contributed by atoms with Crippen LogP contribution in [-0.4, -0.2) is 45.6 Å². The van der Waals surface area contributed by atoms with Gasteiger partial charge >= 0.3 is 6.09 Å². The van der Waals surface area contributed by atoms with Crippen molar-refractivity contribution in [3.05, 3.63) is 53.4 Å². The van der Waals surface area contributed by atoms with Crippen molar-refractivity contribution in [1.82, 2.24) is 19.7 Å². The summed E-state index contributed by atoms with van der Waals surface area (Å²) in [6, 6.07) is 9.58. The number of hydrogen-bond donors (Lipinski definition) is 1. The highest BCUT2D eigenvalue weighted by atomic mass is 35.5. The molecule has 7 nitrogen and oxygen atoms in total. The van der Waals surface area contributed by atoms with Crippen molar-refractivity contribution in [2.24, 2.45) is 5.73 Å². The van der Waals surface area contributed by atoms with Crippen LogP contribution in [0.2, 0.25) is 5.02 Å². The molecule has 1 amide bonds. The van der Waals surface area contributed by atoms with E-state index in [0.29, 0.717) is 18.1 Å². The first-order chi connectivity index (χ1) is 13.2. The van der Waals surface area contributed by atoms with Crippen LogP contribution < -0.4 is 5.73 Å². The summed E-state index contributed by atoms with van der Waals surface area (Å²) in [5.74, 6) is 0.269. The molecular formula is C19H20ClN5O2. The predicted molar refractivity (Wildman–Crippen MR) is 103 cm³/mol. The Morgan fingerprint density at radius 2 is 1.96 bits per heavy atom. The van der Waals surface area contributed by atoms with E-state index in [0.717, 1.165) is 35.1 Å². The van der Waals surface area contributed by atoms with E-state index >= 15 is 0 Å². The second-order valence-electron chi connectivity index (χ2n) is 6.50. The molecule has 0 aliphatic carbocycles. The van der Waals surface area contributed by atoms with Crippen LogP contribution in [0.1, 0.15) is 24.5 Å². The number of likely N-dealkylation sites (tertiary alicyclic amines) is 1. The van der Waals surface area contributed by atoms with Crippen LogP contribution in [0.25, 0.3) is 16.6 Å². The highest BCUT2D eigenvalue weighted by Gasteiger charge is 2.28. The van der Waals surface area contributed by atoms with Gasteiger partial charge in [-0.25, -0.2) is 9.48 Å². The van der Waals surface area contributed by atoms with Crippen LogP contribution in [0.5, 0.6) is 0 Å². The molecular weight excluding hydrogens is 366 g/mol. The zero-order valence-corrected chi connectivity index (χ0v) is 15.5. The quantitative estimate of drug-likeness (QED) is 0.699. The summed E-state index contributed by atoms with van der Waals surface area (Å²) in [5.41, 5.74) is 8.22. The molecule has 0 spiro atoms. The fourth-order valence-electron chi connectivity index (χ4n) is 3.57. The number of amides is 1. The SMILES string of the molecule is NCOC(=O)N1CCC(c2nn(-c3ccc(Cl)cc3)c3cnccc23)CC1. The Labute approximate surface area is 161 Å². The van der Waals surface area contributed by atoms with Gasteiger partial charge in [-0.1, -0.05) is 11.6 Å².